The molecule has 0 aromatic carbocycles. The van der Waals surface area contributed by atoms with Crippen LogP contribution in [-0.4, -0.2) is 51.4 Å². The Labute approximate surface area is 183 Å². The second-order valence-electron chi connectivity index (χ2n) is 8.40. The fraction of sp³-hybridized carbons (Fsp3) is 0.522. The molecule has 3 heterocycles. The highest BCUT2D eigenvalue weighted by atomic mass is 32.1. The predicted molar refractivity (Wildman–Crippen MR) is 121 cm³/mol. The summed E-state index contributed by atoms with van der Waals surface area (Å²) in [5.41, 5.74) is 6.36. The maximum atomic E-state index is 13.1. The van der Waals surface area contributed by atoms with Crippen molar-refractivity contribution in [3.05, 3.63) is 45.2 Å². The van der Waals surface area contributed by atoms with E-state index in [1.807, 2.05) is 10.4 Å². The Bertz CT molecular complexity index is 936. The molecule has 0 aliphatic carbocycles. The molecule has 1 aliphatic rings. The van der Waals surface area contributed by atoms with Crippen molar-refractivity contribution in [2.45, 2.75) is 47.2 Å². The number of carbonyl (C=O) groups excluding carboxylic acids is 1. The molecule has 0 atom stereocenters. The highest BCUT2D eigenvalue weighted by Gasteiger charge is 2.23. The van der Waals surface area contributed by atoms with E-state index in [4.69, 9.17) is 0 Å². The van der Waals surface area contributed by atoms with E-state index in [1.54, 1.807) is 17.4 Å². The molecular weight excluding hydrogens is 394 g/mol. The molecule has 30 heavy (non-hydrogen) atoms. The zero-order valence-electron chi connectivity index (χ0n) is 18.4. The van der Waals surface area contributed by atoms with Gasteiger partial charge in [-0.3, -0.25) is 9.69 Å². The van der Waals surface area contributed by atoms with Gasteiger partial charge in [-0.05, 0) is 43.9 Å². The number of rotatable bonds is 6. The Morgan fingerprint density at radius 3 is 2.77 bits per heavy atom. The van der Waals surface area contributed by atoms with E-state index in [2.05, 4.69) is 59.7 Å². The van der Waals surface area contributed by atoms with Gasteiger partial charge >= 0.3 is 0 Å². The highest BCUT2D eigenvalue weighted by molar-refractivity contribution is 7.07. The number of carbonyl (C=O) groups is 1. The molecule has 2 aromatic rings. The maximum absolute atomic E-state index is 13.1. The number of thiazole rings is 1. The number of aryl methyl sites for hydroxylation is 1. The molecule has 0 radical (unpaired) electrons. The summed E-state index contributed by atoms with van der Waals surface area (Å²) in [7, 11) is 0. The molecule has 7 heteroatoms. The third kappa shape index (κ3) is 5.38. The summed E-state index contributed by atoms with van der Waals surface area (Å²) in [6, 6.07) is 4.22. The third-order valence-electron chi connectivity index (χ3n) is 5.56. The third-order valence-corrected chi connectivity index (χ3v) is 6.19. The van der Waals surface area contributed by atoms with Gasteiger partial charge in [-0.25, -0.2) is 4.98 Å². The summed E-state index contributed by atoms with van der Waals surface area (Å²) < 4.78 is 2.26. The van der Waals surface area contributed by atoms with Crippen LogP contribution in [0.3, 0.4) is 0 Å². The van der Waals surface area contributed by atoms with Crippen molar-refractivity contribution in [1.29, 1.82) is 5.26 Å². The summed E-state index contributed by atoms with van der Waals surface area (Å²) in [5.74, 6) is 0.370. The van der Waals surface area contributed by atoms with Crippen molar-refractivity contribution in [2.75, 3.05) is 26.2 Å². The normalized spacial score (nSPS) is 16.0. The van der Waals surface area contributed by atoms with Gasteiger partial charge in [0.15, 0.2) is 0 Å². The average Bonchev–Trinajstić information content (AvgIpc) is 3.22. The number of aromatic nitrogens is 2. The van der Waals surface area contributed by atoms with Crippen LogP contribution in [0.15, 0.2) is 22.5 Å². The lowest BCUT2D eigenvalue weighted by atomic mass is 10.1. The van der Waals surface area contributed by atoms with Crippen LogP contribution in [-0.2, 0) is 17.9 Å². The van der Waals surface area contributed by atoms with Crippen molar-refractivity contribution >= 4 is 23.3 Å². The van der Waals surface area contributed by atoms with Gasteiger partial charge in [-0.15, -0.1) is 11.3 Å². The molecule has 0 unspecified atom stereocenters. The summed E-state index contributed by atoms with van der Waals surface area (Å²) in [6.45, 7) is 13.3. The van der Waals surface area contributed by atoms with Gasteiger partial charge in [0.1, 0.15) is 11.6 Å². The second kappa shape index (κ2) is 10.1. The molecule has 3 rings (SSSR count). The zero-order valence-corrected chi connectivity index (χ0v) is 19.2. The van der Waals surface area contributed by atoms with E-state index in [9.17, 15) is 10.1 Å². The largest absolute Gasteiger partial charge is 0.348 e. The lowest BCUT2D eigenvalue weighted by Gasteiger charge is -2.21. The highest BCUT2D eigenvalue weighted by Crippen LogP contribution is 2.21. The standard InChI is InChI=1S/C23H31N5OS/c1-17(2)13-28-18(3)10-20(19(28)4)11-21(12-24)23(29)27-7-5-6-26(8-9-27)14-22-15-30-16-25-22/h10-11,15-17H,5-9,13-14H2,1-4H3/b21-11-. The van der Waals surface area contributed by atoms with Crippen molar-refractivity contribution in [3.63, 3.8) is 0 Å². The van der Waals surface area contributed by atoms with Crippen LogP contribution in [0.25, 0.3) is 6.08 Å². The van der Waals surface area contributed by atoms with E-state index in [0.29, 0.717) is 19.0 Å². The molecule has 1 saturated heterocycles. The fourth-order valence-corrected chi connectivity index (χ4v) is 4.51. The molecule has 0 spiro atoms. The van der Waals surface area contributed by atoms with Crippen molar-refractivity contribution < 1.29 is 4.79 Å². The molecule has 6 nitrogen and oxygen atoms in total. The maximum Gasteiger partial charge on any atom is 0.264 e. The van der Waals surface area contributed by atoms with Gasteiger partial charge in [-0.2, -0.15) is 5.26 Å². The van der Waals surface area contributed by atoms with Gasteiger partial charge < -0.3 is 9.47 Å². The minimum absolute atomic E-state index is 0.165. The molecule has 2 aromatic heterocycles. The lowest BCUT2D eigenvalue weighted by Crippen LogP contribution is -2.35. The predicted octanol–water partition coefficient (Wildman–Crippen LogP) is 3.86. The smallest absolute Gasteiger partial charge is 0.264 e. The molecule has 0 saturated carbocycles. The first-order valence-corrected chi connectivity index (χ1v) is 11.5. The average molecular weight is 426 g/mol. The first kappa shape index (κ1) is 22.3. The number of hydrogen-bond donors (Lipinski definition) is 0. The quantitative estimate of drug-likeness (QED) is 0.521. The van der Waals surface area contributed by atoms with E-state index < -0.39 is 0 Å². The fourth-order valence-electron chi connectivity index (χ4n) is 3.96. The molecule has 1 fully saturated rings. The van der Waals surface area contributed by atoms with Crippen LogP contribution in [0.4, 0.5) is 0 Å². The van der Waals surface area contributed by atoms with E-state index in [0.717, 1.165) is 55.2 Å². The second-order valence-corrected chi connectivity index (χ2v) is 9.12. The van der Waals surface area contributed by atoms with E-state index in [1.165, 1.54) is 0 Å². The zero-order chi connectivity index (χ0) is 21.7. The van der Waals surface area contributed by atoms with Crippen molar-refractivity contribution in [2.24, 2.45) is 5.92 Å². The molecule has 0 bridgehead atoms. The van der Waals surface area contributed by atoms with Crippen LogP contribution < -0.4 is 0 Å². The Morgan fingerprint density at radius 1 is 1.30 bits per heavy atom. The minimum atomic E-state index is -0.165. The van der Waals surface area contributed by atoms with Crippen LogP contribution >= 0.6 is 11.3 Å². The lowest BCUT2D eigenvalue weighted by molar-refractivity contribution is -0.126. The molecule has 1 amide bonds. The Morgan fingerprint density at radius 2 is 2.10 bits per heavy atom. The van der Waals surface area contributed by atoms with Crippen LogP contribution in [0.1, 0.15) is 42.9 Å². The number of hydrogen-bond acceptors (Lipinski definition) is 5. The van der Waals surface area contributed by atoms with Gasteiger partial charge in [0.25, 0.3) is 5.91 Å². The summed E-state index contributed by atoms with van der Waals surface area (Å²) >= 11 is 1.61. The number of nitrogens with zero attached hydrogens (tertiary/aromatic N) is 5. The van der Waals surface area contributed by atoms with Gasteiger partial charge in [0.05, 0.1) is 11.2 Å². The van der Waals surface area contributed by atoms with E-state index in [-0.39, 0.29) is 11.5 Å². The Balaban J connectivity index is 1.71. The van der Waals surface area contributed by atoms with Crippen molar-refractivity contribution in [1.82, 2.24) is 19.4 Å². The summed E-state index contributed by atoms with van der Waals surface area (Å²) in [4.78, 5) is 21.6. The molecule has 0 N–H and O–H groups in total. The monoisotopic (exact) mass is 425 g/mol. The van der Waals surface area contributed by atoms with E-state index >= 15 is 0 Å². The number of amides is 1. The molecule has 160 valence electrons. The van der Waals surface area contributed by atoms with Gasteiger partial charge in [0, 0.05) is 56.0 Å². The van der Waals surface area contributed by atoms with Crippen LogP contribution in [0.2, 0.25) is 0 Å². The van der Waals surface area contributed by atoms with Gasteiger partial charge in [-0.1, -0.05) is 13.8 Å². The van der Waals surface area contributed by atoms with Gasteiger partial charge in [0.2, 0.25) is 0 Å². The summed E-state index contributed by atoms with van der Waals surface area (Å²) in [5, 5.41) is 11.8. The first-order chi connectivity index (χ1) is 14.4. The first-order valence-electron chi connectivity index (χ1n) is 10.6. The Kier molecular flexibility index (Phi) is 7.46. The topological polar surface area (TPSA) is 65.2 Å². The summed E-state index contributed by atoms with van der Waals surface area (Å²) in [6.07, 6.45) is 2.66. The minimum Gasteiger partial charge on any atom is -0.348 e. The molecular formula is C23H31N5OS. The van der Waals surface area contributed by atoms with Crippen LogP contribution in [0.5, 0.6) is 0 Å². The Hall–Kier alpha value is -2.43. The van der Waals surface area contributed by atoms with Crippen molar-refractivity contribution in [3.8, 4) is 6.07 Å². The SMILES string of the molecule is Cc1cc(/C=C(/C#N)C(=O)N2CCCN(Cc3cscn3)CC2)c(C)n1CC(C)C. The number of nitriles is 1. The van der Waals surface area contributed by atoms with Crippen LogP contribution in [0, 0.1) is 31.1 Å². The molecule has 1 aliphatic heterocycles.